The molecule has 1 aromatic rings. The number of hydrogen-bond acceptors (Lipinski definition) is 6. The van der Waals surface area contributed by atoms with Crippen molar-refractivity contribution >= 4 is 17.3 Å². The van der Waals surface area contributed by atoms with Crippen molar-refractivity contribution in [2.24, 2.45) is 5.73 Å². The largest absolute Gasteiger partial charge is 0.394 e. The van der Waals surface area contributed by atoms with E-state index in [0.717, 1.165) is 6.07 Å². The fourth-order valence-electron chi connectivity index (χ4n) is 1.51. The third-order valence-electron chi connectivity index (χ3n) is 2.60. The molecule has 0 aromatic heterocycles. The molecule has 1 unspecified atom stereocenters. The summed E-state index contributed by atoms with van der Waals surface area (Å²) in [5, 5.41) is 31.5. The fraction of sp³-hybridized carbons (Fsp3) is 0.364. The lowest BCUT2D eigenvalue weighted by Gasteiger charge is -2.13. The summed E-state index contributed by atoms with van der Waals surface area (Å²) in [5.41, 5.74) is 5.50. The monoisotopic (exact) mass is 269 g/mol. The van der Waals surface area contributed by atoms with Crippen LogP contribution in [-0.4, -0.2) is 40.3 Å². The Hall–Kier alpha value is -2.19. The summed E-state index contributed by atoms with van der Waals surface area (Å²) in [6, 6.07) is 2.47. The molecule has 0 aliphatic carbocycles. The van der Waals surface area contributed by atoms with Crippen LogP contribution in [0.5, 0.6) is 0 Å². The molecule has 8 nitrogen and oxygen atoms in total. The number of amides is 1. The molecule has 0 saturated carbocycles. The van der Waals surface area contributed by atoms with Gasteiger partial charge in [-0.2, -0.15) is 0 Å². The Morgan fingerprint density at radius 3 is 2.68 bits per heavy atom. The van der Waals surface area contributed by atoms with Gasteiger partial charge in [0.1, 0.15) is 0 Å². The molecular weight excluding hydrogens is 254 g/mol. The molecular formula is C11H15N3O5. The second-order valence-electron chi connectivity index (χ2n) is 4.01. The highest BCUT2D eigenvalue weighted by Crippen LogP contribution is 2.27. The van der Waals surface area contributed by atoms with Gasteiger partial charge in [-0.1, -0.05) is 0 Å². The first-order chi connectivity index (χ1) is 8.86. The maximum atomic E-state index is 11.1. The standard InChI is InChI=1S/C11H15N3O5/c1-6-9(13-4-8(16)5-15)2-7(11(12)17)3-10(6)14(18)19/h2-3,8,13,15-16H,4-5H2,1H3,(H2,12,17). The summed E-state index contributed by atoms with van der Waals surface area (Å²) >= 11 is 0. The molecule has 0 bridgehead atoms. The molecule has 0 aliphatic rings. The zero-order valence-electron chi connectivity index (χ0n) is 10.3. The van der Waals surface area contributed by atoms with Gasteiger partial charge in [0.2, 0.25) is 5.91 Å². The van der Waals surface area contributed by atoms with E-state index in [1.54, 1.807) is 0 Å². The van der Waals surface area contributed by atoms with Gasteiger partial charge in [-0.25, -0.2) is 0 Å². The number of carbonyl (C=O) groups excluding carboxylic acids is 1. The van der Waals surface area contributed by atoms with Crippen LogP contribution in [0.3, 0.4) is 0 Å². The Morgan fingerprint density at radius 1 is 1.58 bits per heavy atom. The van der Waals surface area contributed by atoms with Crippen LogP contribution in [0.1, 0.15) is 15.9 Å². The topological polar surface area (TPSA) is 139 Å². The SMILES string of the molecule is Cc1c(NCC(O)CO)cc(C(N)=O)cc1[N+](=O)[O-]. The van der Waals surface area contributed by atoms with E-state index in [1.165, 1.54) is 13.0 Å². The Bertz CT molecular complexity index is 503. The molecule has 0 aliphatic heterocycles. The van der Waals surface area contributed by atoms with Crippen molar-refractivity contribution in [1.82, 2.24) is 0 Å². The number of nitrogens with two attached hydrogens (primary N) is 1. The number of hydrogen-bond donors (Lipinski definition) is 4. The normalized spacial score (nSPS) is 11.9. The van der Waals surface area contributed by atoms with Gasteiger partial charge in [0.05, 0.1) is 17.6 Å². The van der Waals surface area contributed by atoms with Gasteiger partial charge < -0.3 is 21.3 Å². The molecule has 8 heteroatoms. The van der Waals surface area contributed by atoms with E-state index in [1.807, 2.05) is 0 Å². The summed E-state index contributed by atoms with van der Waals surface area (Å²) in [6.45, 7) is 1.07. The number of aliphatic hydroxyl groups is 2. The van der Waals surface area contributed by atoms with E-state index in [0.29, 0.717) is 11.3 Å². The summed E-state index contributed by atoms with van der Waals surface area (Å²) in [5.74, 6) is -0.783. The molecule has 0 saturated heterocycles. The van der Waals surface area contributed by atoms with Crippen molar-refractivity contribution in [2.45, 2.75) is 13.0 Å². The van der Waals surface area contributed by atoms with E-state index in [2.05, 4.69) is 5.32 Å². The fourth-order valence-corrected chi connectivity index (χ4v) is 1.51. The van der Waals surface area contributed by atoms with Crippen LogP contribution in [0.4, 0.5) is 11.4 Å². The quantitative estimate of drug-likeness (QED) is 0.415. The first kappa shape index (κ1) is 14.9. The predicted octanol–water partition coefficient (Wildman–Crippen LogP) is -0.233. The first-order valence-electron chi connectivity index (χ1n) is 5.48. The van der Waals surface area contributed by atoms with Crippen LogP contribution in [-0.2, 0) is 0 Å². The van der Waals surface area contributed by atoms with Crippen LogP contribution in [0.25, 0.3) is 0 Å². The number of rotatable bonds is 6. The minimum Gasteiger partial charge on any atom is -0.394 e. The lowest BCUT2D eigenvalue weighted by Crippen LogP contribution is -2.23. The summed E-state index contributed by atoms with van der Waals surface area (Å²) in [6.07, 6.45) is -1.00. The number of nitrogens with one attached hydrogen (secondary N) is 1. The molecule has 1 rings (SSSR count). The van der Waals surface area contributed by atoms with Gasteiger partial charge in [-0.15, -0.1) is 0 Å². The van der Waals surface area contributed by atoms with Crippen molar-refractivity contribution < 1.29 is 19.9 Å². The molecule has 0 fully saturated rings. The number of anilines is 1. The molecule has 19 heavy (non-hydrogen) atoms. The molecule has 0 radical (unpaired) electrons. The summed E-state index contributed by atoms with van der Waals surface area (Å²) in [4.78, 5) is 21.4. The molecule has 1 atom stereocenters. The molecule has 0 spiro atoms. The zero-order valence-corrected chi connectivity index (χ0v) is 10.3. The van der Waals surface area contributed by atoms with Crippen molar-refractivity contribution in [3.63, 3.8) is 0 Å². The van der Waals surface area contributed by atoms with Crippen LogP contribution in [0, 0.1) is 17.0 Å². The number of primary amides is 1. The van der Waals surface area contributed by atoms with E-state index in [-0.39, 0.29) is 17.8 Å². The number of benzene rings is 1. The highest BCUT2D eigenvalue weighted by atomic mass is 16.6. The average molecular weight is 269 g/mol. The minimum atomic E-state index is -1.00. The van der Waals surface area contributed by atoms with Gasteiger partial charge in [0.25, 0.3) is 5.69 Å². The number of nitrogens with zero attached hydrogens (tertiary/aromatic N) is 1. The van der Waals surface area contributed by atoms with Crippen molar-refractivity contribution in [1.29, 1.82) is 0 Å². The molecule has 104 valence electrons. The van der Waals surface area contributed by atoms with Gasteiger partial charge in [-0.3, -0.25) is 14.9 Å². The highest BCUT2D eigenvalue weighted by molar-refractivity contribution is 5.95. The van der Waals surface area contributed by atoms with Crippen LogP contribution in [0.15, 0.2) is 12.1 Å². The number of carbonyl (C=O) groups is 1. The van der Waals surface area contributed by atoms with Crippen molar-refractivity contribution in [2.75, 3.05) is 18.5 Å². The molecule has 1 amide bonds. The Balaban J connectivity index is 3.14. The van der Waals surface area contributed by atoms with Crippen LogP contribution >= 0.6 is 0 Å². The van der Waals surface area contributed by atoms with Crippen LogP contribution in [0.2, 0.25) is 0 Å². The Labute approximate surface area is 109 Å². The maximum absolute atomic E-state index is 11.1. The Morgan fingerprint density at radius 2 is 2.21 bits per heavy atom. The number of nitro groups is 1. The highest BCUT2D eigenvalue weighted by Gasteiger charge is 2.18. The minimum absolute atomic E-state index is 0.00158. The second-order valence-corrected chi connectivity index (χ2v) is 4.01. The summed E-state index contributed by atoms with van der Waals surface area (Å²) in [7, 11) is 0. The third kappa shape index (κ3) is 3.63. The Kier molecular flexibility index (Phi) is 4.79. The lowest BCUT2D eigenvalue weighted by molar-refractivity contribution is -0.385. The molecule has 1 aromatic carbocycles. The zero-order chi connectivity index (χ0) is 14.6. The summed E-state index contributed by atoms with van der Waals surface area (Å²) < 4.78 is 0. The molecule has 5 N–H and O–H groups in total. The van der Waals surface area contributed by atoms with E-state index in [9.17, 15) is 20.0 Å². The smallest absolute Gasteiger partial charge is 0.275 e. The molecule has 0 heterocycles. The third-order valence-corrected chi connectivity index (χ3v) is 2.60. The maximum Gasteiger partial charge on any atom is 0.275 e. The second kappa shape index (κ2) is 6.12. The number of nitro benzene ring substituents is 1. The van der Waals surface area contributed by atoms with Gasteiger partial charge in [-0.05, 0) is 13.0 Å². The van der Waals surface area contributed by atoms with E-state index >= 15 is 0 Å². The average Bonchev–Trinajstić information content (AvgIpc) is 2.36. The number of aliphatic hydroxyl groups excluding tert-OH is 2. The van der Waals surface area contributed by atoms with Gasteiger partial charge >= 0.3 is 0 Å². The van der Waals surface area contributed by atoms with E-state index in [4.69, 9.17) is 10.8 Å². The van der Waals surface area contributed by atoms with Gasteiger partial charge in [0, 0.05) is 29.4 Å². The van der Waals surface area contributed by atoms with Gasteiger partial charge in [0.15, 0.2) is 0 Å². The van der Waals surface area contributed by atoms with E-state index < -0.39 is 23.5 Å². The lowest BCUT2D eigenvalue weighted by atomic mass is 10.1. The predicted molar refractivity (Wildman–Crippen MR) is 67.9 cm³/mol. The first-order valence-corrected chi connectivity index (χ1v) is 5.48. The van der Waals surface area contributed by atoms with Crippen LogP contribution < -0.4 is 11.1 Å². The van der Waals surface area contributed by atoms with Crippen molar-refractivity contribution in [3.8, 4) is 0 Å². The van der Waals surface area contributed by atoms with Crippen molar-refractivity contribution in [3.05, 3.63) is 33.4 Å².